The van der Waals surface area contributed by atoms with Gasteiger partial charge in [-0.3, -0.25) is 9.69 Å². The van der Waals surface area contributed by atoms with Crippen LogP contribution in [-0.4, -0.2) is 10.9 Å². The highest BCUT2D eigenvalue weighted by Gasteiger charge is 2.15. The first-order valence-electron chi connectivity index (χ1n) is 9.36. The average molecular weight is 354 g/mol. The van der Waals surface area contributed by atoms with Crippen LogP contribution in [0.4, 0.5) is 5.82 Å². The molecule has 0 atom stereocenters. The van der Waals surface area contributed by atoms with Crippen molar-refractivity contribution in [2.24, 2.45) is 0 Å². The molecule has 1 aliphatic rings. The molecule has 1 aromatic heterocycles. The third-order valence-electron chi connectivity index (χ3n) is 4.92. The summed E-state index contributed by atoms with van der Waals surface area (Å²) in [7, 11) is 0. The molecule has 3 aromatic rings. The molecule has 1 heterocycles. The molecule has 1 amide bonds. The number of amides is 1. The second kappa shape index (κ2) is 8.00. The van der Waals surface area contributed by atoms with Gasteiger partial charge in [-0.2, -0.15) is 0 Å². The Kier molecular flexibility index (Phi) is 5.10. The van der Waals surface area contributed by atoms with E-state index in [1.165, 1.54) is 24.0 Å². The highest BCUT2D eigenvalue weighted by Crippen LogP contribution is 2.23. The number of benzene rings is 2. The largest absolute Gasteiger partial charge is 0.289 e. The van der Waals surface area contributed by atoms with Crippen LogP contribution in [0.25, 0.3) is 6.08 Å². The molecule has 0 saturated carbocycles. The first-order valence-corrected chi connectivity index (χ1v) is 9.36. The van der Waals surface area contributed by atoms with E-state index in [2.05, 4.69) is 23.2 Å². The molecular weight excluding hydrogens is 332 g/mol. The summed E-state index contributed by atoms with van der Waals surface area (Å²) in [6.45, 7) is 0.491. The number of fused-ring (bicyclic) bond motifs is 1. The Morgan fingerprint density at radius 3 is 2.59 bits per heavy atom. The summed E-state index contributed by atoms with van der Waals surface area (Å²) in [5, 5.41) is 0. The minimum atomic E-state index is -0.0712. The maximum atomic E-state index is 13.0. The van der Waals surface area contributed by atoms with Crippen molar-refractivity contribution in [1.29, 1.82) is 0 Å². The summed E-state index contributed by atoms with van der Waals surface area (Å²) in [5.41, 5.74) is 5.00. The second-order valence-electron chi connectivity index (χ2n) is 6.81. The van der Waals surface area contributed by atoms with E-state index in [0.29, 0.717) is 12.4 Å². The zero-order chi connectivity index (χ0) is 18.5. The van der Waals surface area contributed by atoms with Gasteiger partial charge >= 0.3 is 0 Å². The summed E-state index contributed by atoms with van der Waals surface area (Å²) in [6, 6.07) is 22.1. The lowest BCUT2D eigenvalue weighted by molar-refractivity contribution is -0.114. The third kappa shape index (κ3) is 4.14. The summed E-state index contributed by atoms with van der Waals surface area (Å²) in [4.78, 5) is 19.0. The summed E-state index contributed by atoms with van der Waals surface area (Å²) >= 11 is 0. The zero-order valence-corrected chi connectivity index (χ0v) is 15.2. The number of aryl methyl sites for hydroxylation is 2. The maximum Gasteiger partial charge on any atom is 0.252 e. The number of hydrogen-bond acceptors (Lipinski definition) is 2. The number of hydrogen-bond donors (Lipinski definition) is 0. The van der Waals surface area contributed by atoms with Crippen LogP contribution in [0.1, 0.15) is 28.7 Å². The molecule has 3 nitrogen and oxygen atoms in total. The van der Waals surface area contributed by atoms with Crippen LogP contribution in [-0.2, 0) is 24.2 Å². The Bertz CT molecular complexity index is 949. The monoisotopic (exact) mass is 354 g/mol. The number of anilines is 1. The fourth-order valence-electron chi connectivity index (χ4n) is 3.50. The lowest BCUT2D eigenvalue weighted by atomic mass is 10.1. The minimum Gasteiger partial charge on any atom is -0.289 e. The van der Waals surface area contributed by atoms with Crippen LogP contribution >= 0.6 is 0 Å². The van der Waals surface area contributed by atoms with Crippen molar-refractivity contribution < 1.29 is 4.79 Å². The Labute approximate surface area is 160 Å². The number of pyridine rings is 1. The molecule has 0 bridgehead atoms. The van der Waals surface area contributed by atoms with Gasteiger partial charge in [0.25, 0.3) is 5.91 Å². The Morgan fingerprint density at radius 1 is 0.963 bits per heavy atom. The van der Waals surface area contributed by atoms with Crippen molar-refractivity contribution in [1.82, 2.24) is 4.98 Å². The highest BCUT2D eigenvalue weighted by molar-refractivity contribution is 6.03. The van der Waals surface area contributed by atoms with Gasteiger partial charge in [0.2, 0.25) is 0 Å². The molecule has 3 heteroatoms. The van der Waals surface area contributed by atoms with Gasteiger partial charge in [0, 0.05) is 12.3 Å². The molecule has 4 rings (SSSR count). The molecule has 0 aliphatic heterocycles. The van der Waals surface area contributed by atoms with E-state index in [0.717, 1.165) is 17.5 Å². The van der Waals surface area contributed by atoms with Gasteiger partial charge in [-0.05, 0) is 59.7 Å². The number of rotatable bonds is 5. The molecule has 0 fully saturated rings. The van der Waals surface area contributed by atoms with E-state index in [4.69, 9.17) is 0 Å². The predicted octanol–water partition coefficient (Wildman–Crippen LogP) is 4.82. The standard InChI is InChI=1S/C24H22N2O/c27-24(15-13-19-12-14-21-9-6-10-22(21)17-19)26(23-11-4-5-16-25-23)18-20-7-2-1-3-8-20/h1-5,7-8,11-17H,6,9-10,18H2/b15-13+. The number of aromatic nitrogens is 1. The van der Waals surface area contributed by atoms with Crippen molar-refractivity contribution in [3.8, 4) is 0 Å². The van der Waals surface area contributed by atoms with Crippen LogP contribution < -0.4 is 4.90 Å². The molecular formula is C24H22N2O. The van der Waals surface area contributed by atoms with Crippen molar-refractivity contribution >= 4 is 17.8 Å². The van der Waals surface area contributed by atoms with Crippen LogP contribution in [0.5, 0.6) is 0 Å². The lowest BCUT2D eigenvalue weighted by Crippen LogP contribution is -2.29. The summed E-state index contributed by atoms with van der Waals surface area (Å²) < 4.78 is 0. The zero-order valence-electron chi connectivity index (χ0n) is 15.2. The fraction of sp³-hybridized carbons (Fsp3) is 0.167. The smallest absolute Gasteiger partial charge is 0.252 e. The first kappa shape index (κ1) is 17.2. The van der Waals surface area contributed by atoms with Crippen LogP contribution in [0.3, 0.4) is 0 Å². The Morgan fingerprint density at radius 2 is 1.78 bits per heavy atom. The quantitative estimate of drug-likeness (QED) is 0.616. The predicted molar refractivity (Wildman–Crippen MR) is 109 cm³/mol. The van der Waals surface area contributed by atoms with E-state index in [9.17, 15) is 4.79 Å². The van der Waals surface area contributed by atoms with Crippen molar-refractivity contribution in [3.63, 3.8) is 0 Å². The third-order valence-corrected chi connectivity index (χ3v) is 4.92. The van der Waals surface area contributed by atoms with Crippen LogP contribution in [0, 0.1) is 0 Å². The van der Waals surface area contributed by atoms with Crippen molar-refractivity contribution in [3.05, 3.63) is 101 Å². The van der Waals surface area contributed by atoms with E-state index in [1.807, 2.05) is 54.6 Å². The number of carbonyl (C=O) groups is 1. The Hall–Kier alpha value is -3.20. The molecule has 0 unspecified atom stereocenters. The molecule has 27 heavy (non-hydrogen) atoms. The molecule has 0 spiro atoms. The molecule has 0 saturated heterocycles. The van der Waals surface area contributed by atoms with E-state index < -0.39 is 0 Å². The average Bonchev–Trinajstić information content (AvgIpc) is 3.19. The topological polar surface area (TPSA) is 33.2 Å². The summed E-state index contributed by atoms with van der Waals surface area (Å²) in [5.74, 6) is 0.586. The van der Waals surface area contributed by atoms with Crippen molar-refractivity contribution in [2.75, 3.05) is 4.90 Å². The van der Waals surface area contributed by atoms with Crippen LogP contribution in [0.15, 0.2) is 79.0 Å². The van der Waals surface area contributed by atoms with Gasteiger partial charge in [0.15, 0.2) is 0 Å². The van der Waals surface area contributed by atoms with Gasteiger partial charge in [-0.15, -0.1) is 0 Å². The molecule has 2 aromatic carbocycles. The van der Waals surface area contributed by atoms with Crippen LogP contribution in [0.2, 0.25) is 0 Å². The number of nitrogens with zero attached hydrogens (tertiary/aromatic N) is 2. The van der Waals surface area contributed by atoms with E-state index in [-0.39, 0.29) is 5.91 Å². The van der Waals surface area contributed by atoms with Gasteiger partial charge < -0.3 is 0 Å². The molecule has 0 N–H and O–H groups in total. The van der Waals surface area contributed by atoms with E-state index in [1.54, 1.807) is 17.2 Å². The fourth-order valence-corrected chi connectivity index (χ4v) is 3.50. The van der Waals surface area contributed by atoms with Gasteiger partial charge in [0.05, 0.1) is 6.54 Å². The van der Waals surface area contributed by atoms with Gasteiger partial charge in [-0.1, -0.05) is 54.6 Å². The highest BCUT2D eigenvalue weighted by atomic mass is 16.2. The minimum absolute atomic E-state index is 0.0712. The first-order chi connectivity index (χ1) is 13.3. The summed E-state index contributed by atoms with van der Waals surface area (Å²) in [6.07, 6.45) is 8.80. The normalized spacial score (nSPS) is 12.9. The van der Waals surface area contributed by atoms with Gasteiger partial charge in [0.1, 0.15) is 5.82 Å². The Balaban J connectivity index is 1.56. The number of carbonyl (C=O) groups excluding carboxylic acids is 1. The SMILES string of the molecule is O=C(/C=C/c1ccc2c(c1)CCC2)N(Cc1ccccc1)c1ccccn1. The second-order valence-corrected chi connectivity index (χ2v) is 6.81. The maximum absolute atomic E-state index is 13.0. The molecule has 134 valence electrons. The van der Waals surface area contributed by atoms with E-state index >= 15 is 0 Å². The van der Waals surface area contributed by atoms with Crippen molar-refractivity contribution in [2.45, 2.75) is 25.8 Å². The molecule has 1 aliphatic carbocycles. The lowest BCUT2D eigenvalue weighted by Gasteiger charge is -2.20. The van der Waals surface area contributed by atoms with Gasteiger partial charge in [-0.25, -0.2) is 4.98 Å². The molecule has 0 radical (unpaired) electrons.